The van der Waals surface area contributed by atoms with Crippen LogP contribution in [-0.4, -0.2) is 36.4 Å². The fourth-order valence-electron chi connectivity index (χ4n) is 4.19. The van der Waals surface area contributed by atoms with E-state index in [9.17, 15) is 18.4 Å². The monoisotopic (exact) mass is 501 g/mol. The quantitative estimate of drug-likeness (QED) is 0.383. The number of nitrogens with two attached hydrogens (primary N) is 1. The molecule has 12 heteroatoms. The number of nitrogens with one attached hydrogen (secondary N) is 1. The van der Waals surface area contributed by atoms with Gasteiger partial charge in [0.15, 0.2) is 0 Å². The zero-order chi connectivity index (χ0) is 25.6. The molecule has 4 heterocycles. The minimum absolute atomic E-state index is 0.0206. The SMILES string of the molecule is CCn1cc(-c2cc(C(F)F)nc3sc(C(N)=O)c(NC(=O)c4c(C)nn(CC)c4C)c23)c(C)n1. The molecule has 0 radical (unpaired) electrons. The van der Waals surface area contributed by atoms with Crippen LogP contribution in [0.4, 0.5) is 14.5 Å². The van der Waals surface area contributed by atoms with Gasteiger partial charge in [-0.05, 0) is 46.2 Å². The molecule has 0 fully saturated rings. The number of carbonyl (C=O) groups excluding carboxylic acids is 2. The minimum Gasteiger partial charge on any atom is -0.365 e. The summed E-state index contributed by atoms with van der Waals surface area (Å²) in [5.74, 6) is -1.28. The number of amides is 2. The van der Waals surface area contributed by atoms with Gasteiger partial charge in [-0.1, -0.05) is 0 Å². The minimum atomic E-state index is -2.83. The summed E-state index contributed by atoms with van der Waals surface area (Å²) in [6.07, 6.45) is -1.09. The molecule has 2 amide bonds. The number of hydrogen-bond donors (Lipinski definition) is 2. The summed E-state index contributed by atoms with van der Waals surface area (Å²) in [5.41, 5.74) is 8.49. The Bertz CT molecular complexity index is 1470. The number of carbonyl (C=O) groups is 2. The lowest BCUT2D eigenvalue weighted by molar-refractivity contribution is 0.100. The van der Waals surface area contributed by atoms with Crippen molar-refractivity contribution in [3.8, 4) is 11.1 Å². The van der Waals surface area contributed by atoms with Crippen molar-refractivity contribution >= 4 is 39.1 Å². The number of alkyl halides is 2. The number of rotatable bonds is 7. The summed E-state index contributed by atoms with van der Waals surface area (Å²) in [4.78, 5) is 30.0. The average molecular weight is 502 g/mol. The lowest BCUT2D eigenvalue weighted by Gasteiger charge is -2.11. The molecule has 9 nitrogen and oxygen atoms in total. The number of nitrogens with zero attached hydrogens (tertiary/aromatic N) is 5. The van der Waals surface area contributed by atoms with Crippen molar-refractivity contribution in [3.63, 3.8) is 0 Å². The highest BCUT2D eigenvalue weighted by molar-refractivity contribution is 7.21. The van der Waals surface area contributed by atoms with Crippen molar-refractivity contribution in [1.82, 2.24) is 24.5 Å². The molecular weight excluding hydrogens is 476 g/mol. The van der Waals surface area contributed by atoms with Crippen LogP contribution in [0.2, 0.25) is 0 Å². The second kappa shape index (κ2) is 9.17. The predicted octanol–water partition coefficient (Wildman–Crippen LogP) is 4.61. The molecule has 0 atom stereocenters. The number of pyridine rings is 1. The maximum atomic E-state index is 13.7. The Kier molecular flexibility index (Phi) is 6.41. The fraction of sp³-hybridized carbons (Fsp3) is 0.348. The van der Waals surface area contributed by atoms with E-state index in [1.54, 1.807) is 36.3 Å². The molecule has 0 aromatic carbocycles. The van der Waals surface area contributed by atoms with Gasteiger partial charge in [0.05, 0.1) is 22.6 Å². The van der Waals surface area contributed by atoms with Crippen molar-refractivity contribution in [1.29, 1.82) is 0 Å². The molecule has 4 rings (SSSR count). The molecule has 0 spiro atoms. The van der Waals surface area contributed by atoms with Crippen LogP contribution in [0.5, 0.6) is 0 Å². The number of hydrogen-bond acceptors (Lipinski definition) is 6. The van der Waals surface area contributed by atoms with E-state index in [0.29, 0.717) is 52.2 Å². The standard InChI is InChI=1S/C23H25F2N7O2S/c1-6-31-9-14(10(3)29-31)13-8-15(20(24)25)27-23-17(13)18(19(35-23)21(26)33)28-22(34)16-11(4)30-32(7-2)12(16)5/h8-9,20H,6-7H2,1-5H3,(H2,26,33)(H,28,34). The lowest BCUT2D eigenvalue weighted by Crippen LogP contribution is -2.18. The second-order valence-electron chi connectivity index (χ2n) is 8.05. The summed E-state index contributed by atoms with van der Waals surface area (Å²) in [6.45, 7) is 10.3. The molecule has 4 aromatic rings. The first-order chi connectivity index (χ1) is 16.6. The summed E-state index contributed by atoms with van der Waals surface area (Å²) >= 11 is 0.864. The summed E-state index contributed by atoms with van der Waals surface area (Å²) in [5, 5.41) is 12.0. The zero-order valence-corrected chi connectivity index (χ0v) is 20.8. The normalized spacial score (nSPS) is 11.5. The molecule has 3 N–H and O–H groups in total. The highest BCUT2D eigenvalue weighted by Crippen LogP contribution is 2.43. The zero-order valence-electron chi connectivity index (χ0n) is 19.9. The number of fused-ring (bicyclic) bond motifs is 1. The number of anilines is 1. The molecule has 0 bridgehead atoms. The van der Waals surface area contributed by atoms with E-state index in [-0.39, 0.29) is 15.4 Å². The van der Waals surface area contributed by atoms with E-state index in [1.165, 1.54) is 6.07 Å². The average Bonchev–Trinajstić information content (AvgIpc) is 3.45. The van der Waals surface area contributed by atoms with Crippen molar-refractivity contribution in [2.75, 3.05) is 5.32 Å². The second-order valence-corrected chi connectivity index (χ2v) is 9.04. The van der Waals surface area contributed by atoms with E-state index >= 15 is 0 Å². The van der Waals surface area contributed by atoms with Crippen molar-refractivity contribution < 1.29 is 18.4 Å². The van der Waals surface area contributed by atoms with Gasteiger partial charge >= 0.3 is 0 Å². The van der Waals surface area contributed by atoms with E-state index in [0.717, 1.165) is 11.3 Å². The van der Waals surface area contributed by atoms with Crippen LogP contribution >= 0.6 is 11.3 Å². The Morgan fingerprint density at radius 1 is 1.11 bits per heavy atom. The predicted molar refractivity (Wildman–Crippen MR) is 130 cm³/mol. The van der Waals surface area contributed by atoms with Crippen LogP contribution < -0.4 is 11.1 Å². The van der Waals surface area contributed by atoms with E-state index in [4.69, 9.17) is 5.73 Å². The van der Waals surface area contributed by atoms with Crippen LogP contribution in [0.25, 0.3) is 21.3 Å². The highest BCUT2D eigenvalue weighted by atomic mass is 32.1. The van der Waals surface area contributed by atoms with E-state index < -0.39 is 23.9 Å². The topological polar surface area (TPSA) is 121 Å². The lowest BCUT2D eigenvalue weighted by atomic mass is 10.0. The van der Waals surface area contributed by atoms with E-state index in [1.807, 2.05) is 13.8 Å². The number of primary amides is 1. The van der Waals surface area contributed by atoms with Gasteiger partial charge in [-0.3, -0.25) is 19.0 Å². The third-order valence-electron chi connectivity index (χ3n) is 5.84. The van der Waals surface area contributed by atoms with Gasteiger partial charge in [-0.2, -0.15) is 10.2 Å². The molecule has 0 saturated heterocycles. The molecule has 0 aliphatic carbocycles. The van der Waals surface area contributed by atoms with Gasteiger partial charge < -0.3 is 11.1 Å². The van der Waals surface area contributed by atoms with Gasteiger partial charge in [0, 0.05) is 35.9 Å². The van der Waals surface area contributed by atoms with Crippen LogP contribution in [0.1, 0.15) is 63.1 Å². The third kappa shape index (κ3) is 4.18. The van der Waals surface area contributed by atoms with Gasteiger partial charge in [0.1, 0.15) is 15.4 Å². The van der Waals surface area contributed by atoms with Gasteiger partial charge in [-0.25, -0.2) is 13.8 Å². The largest absolute Gasteiger partial charge is 0.365 e. The van der Waals surface area contributed by atoms with Crippen LogP contribution in [-0.2, 0) is 13.1 Å². The number of thiophene rings is 1. The van der Waals surface area contributed by atoms with Gasteiger partial charge in [0.25, 0.3) is 18.2 Å². The first-order valence-corrected chi connectivity index (χ1v) is 11.8. The first kappa shape index (κ1) is 24.5. The molecular formula is C23H25F2N7O2S. The van der Waals surface area contributed by atoms with Crippen molar-refractivity contribution in [2.45, 2.75) is 54.1 Å². The van der Waals surface area contributed by atoms with Gasteiger partial charge in [-0.15, -0.1) is 11.3 Å². The van der Waals surface area contributed by atoms with Crippen LogP contribution in [0, 0.1) is 20.8 Å². The molecule has 0 unspecified atom stereocenters. The highest BCUT2D eigenvalue weighted by Gasteiger charge is 2.27. The van der Waals surface area contributed by atoms with Gasteiger partial charge in [0.2, 0.25) is 0 Å². The molecule has 184 valence electrons. The Labute approximate surface area is 203 Å². The fourth-order valence-corrected chi connectivity index (χ4v) is 5.20. The maximum absolute atomic E-state index is 13.7. The molecule has 4 aromatic heterocycles. The Balaban J connectivity index is 1.98. The van der Waals surface area contributed by atoms with Crippen LogP contribution in [0.15, 0.2) is 12.3 Å². The first-order valence-electron chi connectivity index (χ1n) is 11.0. The molecule has 35 heavy (non-hydrogen) atoms. The summed E-state index contributed by atoms with van der Waals surface area (Å²) in [7, 11) is 0. The Morgan fingerprint density at radius 2 is 1.83 bits per heavy atom. The Morgan fingerprint density at radius 3 is 2.37 bits per heavy atom. The number of aryl methyl sites for hydroxylation is 4. The number of halogens is 2. The third-order valence-corrected chi connectivity index (χ3v) is 6.93. The maximum Gasteiger partial charge on any atom is 0.280 e. The molecule has 0 aliphatic rings. The van der Waals surface area contributed by atoms with E-state index in [2.05, 4.69) is 20.5 Å². The molecule has 0 aliphatic heterocycles. The van der Waals surface area contributed by atoms with Crippen molar-refractivity contribution in [2.24, 2.45) is 5.73 Å². The Hall–Kier alpha value is -3.67. The number of aromatic nitrogens is 5. The summed E-state index contributed by atoms with van der Waals surface area (Å²) < 4.78 is 30.9. The van der Waals surface area contributed by atoms with Crippen molar-refractivity contribution in [3.05, 3.63) is 45.5 Å². The van der Waals surface area contributed by atoms with Crippen LogP contribution in [0.3, 0.4) is 0 Å². The smallest absolute Gasteiger partial charge is 0.280 e. The summed E-state index contributed by atoms with van der Waals surface area (Å²) in [6, 6.07) is 1.27. The molecule has 0 saturated carbocycles.